The molecule has 2 aromatic rings. The van der Waals surface area contributed by atoms with Gasteiger partial charge >= 0.3 is 0 Å². The second kappa shape index (κ2) is 5.36. The number of halogens is 4. The molecule has 5 heteroatoms. The molecule has 1 N–H and O–H groups in total. The second-order valence-corrected chi connectivity index (χ2v) is 5.02. The van der Waals surface area contributed by atoms with Crippen LogP contribution in [0.4, 0.5) is 11.4 Å². The zero-order valence-corrected chi connectivity index (χ0v) is 11.5. The van der Waals surface area contributed by atoms with Crippen LogP contribution in [0.5, 0.6) is 0 Å². The predicted molar refractivity (Wildman–Crippen MR) is 76.2 cm³/mol. The van der Waals surface area contributed by atoms with Gasteiger partial charge in [0.2, 0.25) is 0 Å². The van der Waals surface area contributed by atoms with Crippen molar-refractivity contribution in [1.82, 2.24) is 0 Å². The fraction of sp³-hybridized carbons (Fsp3) is 0. The maximum Gasteiger partial charge on any atom is 0.0780 e. The molecule has 0 saturated heterocycles. The Morgan fingerprint density at radius 2 is 1.41 bits per heavy atom. The van der Waals surface area contributed by atoms with Gasteiger partial charge in [-0.25, -0.2) is 0 Å². The maximum atomic E-state index is 5.93. The molecule has 88 valence electrons. The predicted octanol–water partition coefficient (Wildman–Crippen LogP) is 6.04. The van der Waals surface area contributed by atoms with Crippen molar-refractivity contribution >= 4 is 57.8 Å². The third kappa shape index (κ3) is 3.20. The molecule has 0 aliphatic carbocycles. The van der Waals surface area contributed by atoms with E-state index in [1.54, 1.807) is 24.3 Å². The van der Waals surface area contributed by atoms with Crippen LogP contribution in [-0.4, -0.2) is 0 Å². The molecule has 0 bridgehead atoms. The van der Waals surface area contributed by atoms with Gasteiger partial charge in [-0.2, -0.15) is 0 Å². The van der Waals surface area contributed by atoms with Crippen LogP contribution < -0.4 is 5.32 Å². The largest absolute Gasteiger partial charge is 0.355 e. The van der Waals surface area contributed by atoms with Crippen molar-refractivity contribution in [2.75, 3.05) is 5.32 Å². The van der Waals surface area contributed by atoms with Gasteiger partial charge in [-0.3, -0.25) is 0 Å². The second-order valence-electron chi connectivity index (χ2n) is 3.39. The number of benzene rings is 2. The number of anilines is 2. The molecule has 17 heavy (non-hydrogen) atoms. The molecule has 0 spiro atoms. The van der Waals surface area contributed by atoms with Crippen LogP contribution in [0.3, 0.4) is 0 Å². The molecule has 2 rings (SSSR count). The summed E-state index contributed by atoms with van der Waals surface area (Å²) < 4.78 is 0. The van der Waals surface area contributed by atoms with Gasteiger partial charge in [0, 0.05) is 16.4 Å². The topological polar surface area (TPSA) is 12.0 Å². The molecule has 0 amide bonds. The highest BCUT2D eigenvalue weighted by Crippen LogP contribution is 2.34. The smallest absolute Gasteiger partial charge is 0.0780 e. The summed E-state index contributed by atoms with van der Waals surface area (Å²) in [6, 6.07) is 10.8. The van der Waals surface area contributed by atoms with Gasteiger partial charge in [-0.15, -0.1) is 0 Å². The highest BCUT2D eigenvalue weighted by Gasteiger charge is 2.06. The Bertz CT molecular complexity index is 531. The Morgan fingerprint density at radius 1 is 0.765 bits per heavy atom. The Labute approximate surface area is 119 Å². The quantitative estimate of drug-likeness (QED) is 0.666. The lowest BCUT2D eigenvalue weighted by Crippen LogP contribution is -1.90. The lowest BCUT2D eigenvalue weighted by Gasteiger charge is -2.09. The van der Waals surface area contributed by atoms with E-state index in [4.69, 9.17) is 46.4 Å². The summed E-state index contributed by atoms with van der Waals surface area (Å²) in [6.07, 6.45) is 0. The lowest BCUT2D eigenvalue weighted by molar-refractivity contribution is 1.55. The molecule has 1 nitrogen and oxygen atoms in total. The SMILES string of the molecule is Clc1cccc(Nc2cc(Cl)c(Cl)c(Cl)c2)c1. The van der Waals surface area contributed by atoms with Crippen molar-refractivity contribution in [3.8, 4) is 0 Å². The van der Waals surface area contributed by atoms with E-state index in [2.05, 4.69) is 5.32 Å². The Kier molecular flexibility index (Phi) is 4.05. The molecule has 0 fully saturated rings. The summed E-state index contributed by atoms with van der Waals surface area (Å²) in [6.45, 7) is 0. The molecule has 0 atom stereocenters. The van der Waals surface area contributed by atoms with Crippen molar-refractivity contribution in [2.24, 2.45) is 0 Å². The minimum Gasteiger partial charge on any atom is -0.355 e. The van der Waals surface area contributed by atoms with Gasteiger partial charge in [0.25, 0.3) is 0 Å². The molecular formula is C12H7Cl4N. The first-order valence-electron chi connectivity index (χ1n) is 4.73. The van der Waals surface area contributed by atoms with Crippen LogP contribution in [0.15, 0.2) is 36.4 Å². The Morgan fingerprint density at radius 3 is 2.00 bits per heavy atom. The van der Waals surface area contributed by atoms with E-state index in [0.717, 1.165) is 11.4 Å². The first kappa shape index (κ1) is 12.8. The van der Waals surface area contributed by atoms with E-state index in [1.165, 1.54) is 0 Å². The third-order valence-electron chi connectivity index (χ3n) is 2.10. The van der Waals surface area contributed by atoms with Gasteiger partial charge < -0.3 is 5.32 Å². The lowest BCUT2D eigenvalue weighted by atomic mass is 10.2. The van der Waals surface area contributed by atoms with Gasteiger partial charge in [-0.1, -0.05) is 52.5 Å². The highest BCUT2D eigenvalue weighted by atomic mass is 35.5. The Hall–Kier alpha value is -0.600. The number of rotatable bonds is 2. The van der Waals surface area contributed by atoms with E-state index in [-0.39, 0.29) is 0 Å². The summed E-state index contributed by atoms with van der Waals surface area (Å²) in [5.41, 5.74) is 1.61. The van der Waals surface area contributed by atoms with Crippen molar-refractivity contribution in [3.05, 3.63) is 56.5 Å². The minimum absolute atomic E-state index is 0.352. The third-order valence-corrected chi connectivity index (χ3v) is 3.53. The zero-order valence-electron chi connectivity index (χ0n) is 8.48. The van der Waals surface area contributed by atoms with Crippen LogP contribution in [-0.2, 0) is 0 Å². The van der Waals surface area contributed by atoms with Gasteiger partial charge in [-0.05, 0) is 30.3 Å². The van der Waals surface area contributed by atoms with Crippen LogP contribution in [0.1, 0.15) is 0 Å². The molecule has 0 aliphatic rings. The summed E-state index contributed by atoms with van der Waals surface area (Å²) in [5, 5.41) is 4.96. The summed E-state index contributed by atoms with van der Waals surface area (Å²) in [7, 11) is 0. The van der Waals surface area contributed by atoms with E-state index < -0.39 is 0 Å². The van der Waals surface area contributed by atoms with Crippen molar-refractivity contribution < 1.29 is 0 Å². The van der Waals surface area contributed by atoms with E-state index in [0.29, 0.717) is 20.1 Å². The fourth-order valence-electron chi connectivity index (χ4n) is 1.36. The first-order valence-corrected chi connectivity index (χ1v) is 6.24. The number of hydrogen-bond donors (Lipinski definition) is 1. The minimum atomic E-state index is 0.352. The normalized spacial score (nSPS) is 10.4. The molecule has 0 aliphatic heterocycles. The Balaban J connectivity index is 2.31. The standard InChI is InChI=1S/C12H7Cl4N/c13-7-2-1-3-8(4-7)17-9-5-10(14)12(16)11(15)6-9/h1-6,17H. The molecular weight excluding hydrogens is 300 g/mol. The number of nitrogens with one attached hydrogen (secondary N) is 1. The van der Waals surface area contributed by atoms with E-state index in [1.807, 2.05) is 12.1 Å². The van der Waals surface area contributed by atoms with Gasteiger partial charge in [0.1, 0.15) is 0 Å². The first-order chi connectivity index (χ1) is 8.06. The number of hydrogen-bond acceptors (Lipinski definition) is 1. The monoisotopic (exact) mass is 305 g/mol. The summed E-state index contributed by atoms with van der Waals surface area (Å²) >= 11 is 23.6. The molecule has 0 unspecified atom stereocenters. The zero-order chi connectivity index (χ0) is 12.4. The molecule has 0 radical (unpaired) electrons. The van der Waals surface area contributed by atoms with Crippen molar-refractivity contribution in [1.29, 1.82) is 0 Å². The molecule has 0 aromatic heterocycles. The molecule has 2 aromatic carbocycles. The van der Waals surface area contributed by atoms with Crippen molar-refractivity contribution in [3.63, 3.8) is 0 Å². The maximum absolute atomic E-state index is 5.93. The van der Waals surface area contributed by atoms with Gasteiger partial charge in [0.05, 0.1) is 15.1 Å². The summed E-state index contributed by atoms with van der Waals surface area (Å²) in [5.74, 6) is 0. The average Bonchev–Trinajstić information content (AvgIpc) is 2.26. The van der Waals surface area contributed by atoms with Crippen LogP contribution in [0, 0.1) is 0 Å². The highest BCUT2D eigenvalue weighted by molar-refractivity contribution is 6.48. The summed E-state index contributed by atoms with van der Waals surface area (Å²) in [4.78, 5) is 0. The van der Waals surface area contributed by atoms with Crippen LogP contribution >= 0.6 is 46.4 Å². The average molecular weight is 307 g/mol. The van der Waals surface area contributed by atoms with Crippen molar-refractivity contribution in [2.45, 2.75) is 0 Å². The van der Waals surface area contributed by atoms with E-state index in [9.17, 15) is 0 Å². The van der Waals surface area contributed by atoms with E-state index >= 15 is 0 Å². The fourth-order valence-corrected chi connectivity index (χ4v) is 2.15. The van der Waals surface area contributed by atoms with Crippen LogP contribution in [0.25, 0.3) is 0 Å². The molecule has 0 heterocycles. The van der Waals surface area contributed by atoms with Gasteiger partial charge in [0.15, 0.2) is 0 Å². The molecule has 0 saturated carbocycles. The van der Waals surface area contributed by atoms with Crippen LogP contribution in [0.2, 0.25) is 20.1 Å².